The summed E-state index contributed by atoms with van der Waals surface area (Å²) in [5.41, 5.74) is 4.56. The van der Waals surface area contributed by atoms with Crippen molar-refractivity contribution in [3.63, 3.8) is 0 Å². The molecule has 3 aromatic heterocycles. The molecule has 0 aromatic carbocycles. The van der Waals surface area contributed by atoms with Gasteiger partial charge in [-0.1, -0.05) is 37.0 Å². The Bertz CT molecular complexity index is 1140. The summed E-state index contributed by atoms with van der Waals surface area (Å²) in [6, 6.07) is 7.48. The second-order valence-corrected chi connectivity index (χ2v) is 8.18. The van der Waals surface area contributed by atoms with Crippen molar-refractivity contribution in [1.82, 2.24) is 24.6 Å². The third kappa shape index (κ3) is 4.66. The van der Waals surface area contributed by atoms with Crippen LogP contribution in [-0.4, -0.2) is 31.7 Å². The fraction of sp³-hybridized carbons (Fsp3) is 0.333. The van der Waals surface area contributed by atoms with E-state index in [9.17, 15) is 5.26 Å². The summed E-state index contributed by atoms with van der Waals surface area (Å²) in [5, 5.41) is 18.6. The summed E-state index contributed by atoms with van der Waals surface area (Å²) >= 11 is 12.0. The molecule has 0 atom stereocenters. The molecule has 3 heterocycles. The first-order valence-corrected chi connectivity index (χ1v) is 10.2. The van der Waals surface area contributed by atoms with E-state index >= 15 is 0 Å². The van der Waals surface area contributed by atoms with Gasteiger partial charge in [-0.3, -0.25) is 4.68 Å². The maximum absolute atomic E-state index is 9.25. The lowest BCUT2D eigenvalue weighted by molar-refractivity contribution is 0.410. The van der Waals surface area contributed by atoms with Crippen LogP contribution in [0.15, 0.2) is 30.1 Å². The quantitative estimate of drug-likeness (QED) is 0.425. The number of fused-ring (bicyclic) bond motifs is 1. The summed E-state index contributed by atoms with van der Waals surface area (Å²) in [5.74, 6) is 0.917. The summed E-state index contributed by atoms with van der Waals surface area (Å²) in [6.45, 7) is 6.82. The monoisotopic (exact) mass is 443 g/mol. The molecule has 0 amide bonds. The van der Waals surface area contributed by atoms with Gasteiger partial charge in [-0.05, 0) is 36.6 Å². The summed E-state index contributed by atoms with van der Waals surface area (Å²) in [6.07, 6.45) is 1.43. The fourth-order valence-corrected chi connectivity index (χ4v) is 3.84. The molecule has 156 valence electrons. The van der Waals surface area contributed by atoms with Gasteiger partial charge in [-0.15, -0.1) is 0 Å². The number of nitrogens with one attached hydrogen (secondary N) is 1. The summed E-state index contributed by atoms with van der Waals surface area (Å²) < 4.78 is 1.81. The zero-order valence-corrected chi connectivity index (χ0v) is 19.0. The van der Waals surface area contributed by atoms with Crippen molar-refractivity contribution in [2.75, 3.05) is 12.4 Å². The first-order chi connectivity index (χ1) is 14.2. The smallest absolute Gasteiger partial charge is 0.158 e. The molecule has 0 aliphatic rings. The zero-order chi connectivity index (χ0) is 22.0. The number of allylic oxidation sites excluding steroid dienone is 1. The van der Waals surface area contributed by atoms with Gasteiger partial charge in [0.05, 0.1) is 30.1 Å². The second-order valence-electron chi connectivity index (χ2n) is 7.41. The van der Waals surface area contributed by atoms with Gasteiger partial charge in [0.2, 0.25) is 0 Å². The van der Waals surface area contributed by atoms with Crippen LogP contribution < -0.4 is 5.32 Å². The summed E-state index contributed by atoms with van der Waals surface area (Å²) in [4.78, 5) is 10.7. The highest BCUT2D eigenvalue weighted by Crippen LogP contribution is 2.28. The molecule has 0 saturated heterocycles. The van der Waals surface area contributed by atoms with E-state index in [4.69, 9.17) is 28.2 Å². The topological polar surface area (TPSA) is 82.7 Å². The Balaban J connectivity index is 1.93. The van der Waals surface area contributed by atoms with Crippen molar-refractivity contribution in [3.8, 4) is 6.07 Å². The van der Waals surface area contributed by atoms with E-state index in [2.05, 4.69) is 41.4 Å². The molecule has 0 bridgehead atoms. The Hall–Kier alpha value is -2.82. The molecule has 0 aliphatic heterocycles. The first-order valence-electron chi connectivity index (χ1n) is 9.43. The van der Waals surface area contributed by atoms with Gasteiger partial charge in [0.15, 0.2) is 5.65 Å². The molecule has 7 nitrogen and oxygen atoms in total. The molecule has 0 saturated carbocycles. The molecular formula is C21H23Cl2N7. The molecule has 0 fully saturated rings. The number of rotatable bonds is 6. The third-order valence-corrected chi connectivity index (χ3v) is 5.11. The largest absolute Gasteiger partial charge is 0.355 e. The fourth-order valence-electron chi connectivity index (χ4n) is 3.38. The number of aryl methyl sites for hydroxylation is 2. The Kier molecular flexibility index (Phi) is 6.49. The highest BCUT2D eigenvalue weighted by molar-refractivity contribution is 6.32. The van der Waals surface area contributed by atoms with Crippen LogP contribution in [0.5, 0.6) is 0 Å². The van der Waals surface area contributed by atoms with Crippen LogP contribution in [0.3, 0.4) is 0 Å². The average Bonchev–Trinajstić information content (AvgIpc) is 2.93. The number of pyridine rings is 2. The van der Waals surface area contributed by atoms with Gasteiger partial charge in [0.1, 0.15) is 16.1 Å². The van der Waals surface area contributed by atoms with Crippen LogP contribution in [0.25, 0.3) is 11.0 Å². The maximum Gasteiger partial charge on any atom is 0.158 e. The Labute approximate surface area is 185 Å². The normalized spacial score (nSPS) is 11.8. The molecule has 0 radical (unpaired) electrons. The first kappa shape index (κ1) is 21.9. The third-order valence-electron chi connectivity index (χ3n) is 4.72. The van der Waals surface area contributed by atoms with Crippen LogP contribution in [0.4, 0.5) is 5.69 Å². The maximum atomic E-state index is 9.25. The number of hydrogen-bond acceptors (Lipinski definition) is 6. The van der Waals surface area contributed by atoms with E-state index in [1.54, 1.807) is 12.1 Å². The van der Waals surface area contributed by atoms with Gasteiger partial charge in [-0.2, -0.15) is 10.4 Å². The lowest BCUT2D eigenvalue weighted by Gasteiger charge is -2.23. The Morgan fingerprint density at radius 3 is 2.53 bits per heavy atom. The van der Waals surface area contributed by atoms with E-state index in [0.29, 0.717) is 24.0 Å². The molecule has 30 heavy (non-hydrogen) atoms. The lowest BCUT2D eigenvalue weighted by atomic mass is 9.99. The van der Waals surface area contributed by atoms with E-state index in [-0.39, 0.29) is 10.3 Å². The van der Waals surface area contributed by atoms with Crippen LogP contribution in [0.1, 0.15) is 36.7 Å². The van der Waals surface area contributed by atoms with E-state index in [1.165, 1.54) is 11.6 Å². The Morgan fingerprint density at radius 2 is 1.93 bits per heavy atom. The van der Waals surface area contributed by atoms with Crippen molar-refractivity contribution in [2.24, 2.45) is 7.05 Å². The van der Waals surface area contributed by atoms with Crippen LogP contribution >= 0.6 is 23.2 Å². The molecule has 0 aliphatic carbocycles. The zero-order valence-electron chi connectivity index (χ0n) is 17.5. The van der Waals surface area contributed by atoms with Crippen LogP contribution in [0.2, 0.25) is 10.3 Å². The van der Waals surface area contributed by atoms with Crippen LogP contribution in [0, 0.1) is 18.3 Å². The van der Waals surface area contributed by atoms with Gasteiger partial charge in [0.25, 0.3) is 0 Å². The number of hydrogen-bond donors (Lipinski definition) is 1. The molecule has 3 aromatic rings. The van der Waals surface area contributed by atoms with Gasteiger partial charge >= 0.3 is 0 Å². The number of aromatic nitrogens is 4. The molecule has 0 spiro atoms. The lowest BCUT2D eigenvalue weighted by Crippen LogP contribution is -2.23. The van der Waals surface area contributed by atoms with E-state index in [0.717, 1.165) is 22.4 Å². The van der Waals surface area contributed by atoms with Crippen molar-refractivity contribution in [3.05, 3.63) is 57.4 Å². The number of nitriles is 1. The molecule has 1 N–H and O–H groups in total. The SMILES string of the molecule is Cc1nn(C)c2nc(CN(C)/C(=C/C#N)Nc3cc(Cl)nc(Cl)c3)cc(C(C)C)c12. The average molecular weight is 444 g/mol. The van der Waals surface area contributed by atoms with Gasteiger partial charge < -0.3 is 10.2 Å². The minimum atomic E-state index is 0.268. The van der Waals surface area contributed by atoms with Crippen LogP contribution in [-0.2, 0) is 13.6 Å². The molecule has 9 heteroatoms. The highest BCUT2D eigenvalue weighted by Gasteiger charge is 2.17. The van der Waals surface area contributed by atoms with Crippen molar-refractivity contribution in [1.29, 1.82) is 5.26 Å². The molecule has 0 unspecified atom stereocenters. The second kappa shape index (κ2) is 8.90. The standard InChI is InChI=1S/C21H23Cl2N7/c1-12(2)16-8-15(26-21-20(16)13(3)28-30(21)5)11-29(4)19(6-7-24)25-14-9-17(22)27-18(23)10-14/h6,8-10,12H,11H2,1-5H3,(H,25,27)/b19-6+. The number of anilines is 1. The van der Waals surface area contributed by atoms with E-state index < -0.39 is 0 Å². The Morgan fingerprint density at radius 1 is 1.27 bits per heavy atom. The predicted molar refractivity (Wildman–Crippen MR) is 120 cm³/mol. The van der Waals surface area contributed by atoms with Gasteiger partial charge in [0, 0.05) is 25.2 Å². The predicted octanol–water partition coefficient (Wildman–Crippen LogP) is 5.01. The molecular weight excluding hydrogens is 421 g/mol. The highest BCUT2D eigenvalue weighted by atomic mass is 35.5. The van der Waals surface area contributed by atoms with Crippen molar-refractivity contribution < 1.29 is 0 Å². The minimum absolute atomic E-state index is 0.268. The summed E-state index contributed by atoms with van der Waals surface area (Å²) in [7, 11) is 3.79. The minimum Gasteiger partial charge on any atom is -0.355 e. The van der Waals surface area contributed by atoms with Crippen molar-refractivity contribution >= 4 is 39.9 Å². The molecule has 3 rings (SSSR count). The van der Waals surface area contributed by atoms with Crippen molar-refractivity contribution in [2.45, 2.75) is 33.2 Å². The number of nitrogens with zero attached hydrogens (tertiary/aromatic N) is 6. The number of halogens is 2. The van der Waals surface area contributed by atoms with E-state index in [1.807, 2.05) is 30.6 Å². The van der Waals surface area contributed by atoms with Gasteiger partial charge in [-0.25, -0.2) is 9.97 Å².